The summed E-state index contributed by atoms with van der Waals surface area (Å²) >= 11 is 0. The molecular weight excluding hydrogens is 268 g/mol. The molecule has 0 aromatic rings. The number of hydrogen-bond donors (Lipinski definition) is 1. The third-order valence-corrected chi connectivity index (χ3v) is 4.50. The summed E-state index contributed by atoms with van der Waals surface area (Å²) < 4.78 is 5.59. The molecule has 120 valence electrons. The molecule has 21 heavy (non-hydrogen) atoms. The van der Waals surface area contributed by atoms with Gasteiger partial charge in [-0.25, -0.2) is 0 Å². The van der Waals surface area contributed by atoms with Gasteiger partial charge in [0.1, 0.15) is 12.1 Å². The summed E-state index contributed by atoms with van der Waals surface area (Å²) in [6.45, 7) is 8.75. The van der Waals surface area contributed by atoms with E-state index in [0.29, 0.717) is 13.0 Å². The molecule has 4 atom stereocenters. The Morgan fingerprint density at radius 1 is 1.38 bits per heavy atom. The van der Waals surface area contributed by atoms with Crippen molar-refractivity contribution in [3.05, 3.63) is 0 Å². The second-order valence-electron chi connectivity index (χ2n) is 6.64. The quantitative estimate of drug-likeness (QED) is 0.859. The van der Waals surface area contributed by atoms with Gasteiger partial charge in [-0.3, -0.25) is 9.59 Å². The van der Waals surface area contributed by atoms with Crippen molar-refractivity contribution < 1.29 is 14.3 Å². The molecule has 2 rings (SSSR count). The summed E-state index contributed by atoms with van der Waals surface area (Å²) in [7, 11) is 0. The first-order valence-electron chi connectivity index (χ1n) is 8.19. The van der Waals surface area contributed by atoms with E-state index in [4.69, 9.17) is 4.74 Å². The molecule has 2 saturated heterocycles. The van der Waals surface area contributed by atoms with Gasteiger partial charge in [0.05, 0.1) is 6.10 Å². The maximum atomic E-state index is 12.9. The smallest absolute Gasteiger partial charge is 0.246 e. The lowest BCUT2D eigenvalue weighted by Gasteiger charge is -2.46. The zero-order valence-corrected chi connectivity index (χ0v) is 13.6. The maximum absolute atomic E-state index is 12.9. The van der Waals surface area contributed by atoms with Crippen LogP contribution in [-0.4, -0.2) is 47.6 Å². The number of carbonyl (C=O) groups excluding carboxylic acids is 2. The normalized spacial score (nSPS) is 34.2. The fourth-order valence-corrected chi connectivity index (χ4v) is 3.50. The first kappa shape index (κ1) is 16.3. The Kier molecular flexibility index (Phi) is 5.25. The molecule has 0 saturated carbocycles. The van der Waals surface area contributed by atoms with Gasteiger partial charge in [0, 0.05) is 12.6 Å². The molecule has 2 aliphatic rings. The molecule has 4 unspecified atom stereocenters. The number of amides is 2. The summed E-state index contributed by atoms with van der Waals surface area (Å²) in [6, 6.07) is -0.574. The molecular formula is C16H28N2O3. The third kappa shape index (κ3) is 3.39. The van der Waals surface area contributed by atoms with E-state index >= 15 is 0 Å². The van der Waals surface area contributed by atoms with Gasteiger partial charge in [-0.05, 0) is 32.1 Å². The second kappa shape index (κ2) is 6.77. The molecule has 0 aromatic carbocycles. The zero-order valence-electron chi connectivity index (χ0n) is 13.6. The van der Waals surface area contributed by atoms with E-state index in [9.17, 15) is 9.59 Å². The first-order valence-corrected chi connectivity index (χ1v) is 8.19. The van der Waals surface area contributed by atoms with E-state index in [0.717, 1.165) is 19.3 Å². The third-order valence-electron chi connectivity index (χ3n) is 4.50. The molecule has 5 heteroatoms. The minimum absolute atomic E-state index is 0.00203. The van der Waals surface area contributed by atoms with Crippen LogP contribution in [0, 0.1) is 5.92 Å². The number of piperazine rings is 1. The number of ether oxygens (including phenoxy) is 1. The molecule has 2 heterocycles. The van der Waals surface area contributed by atoms with Gasteiger partial charge in [-0.1, -0.05) is 27.2 Å². The first-order chi connectivity index (χ1) is 9.95. The Balaban J connectivity index is 2.25. The van der Waals surface area contributed by atoms with Crippen LogP contribution in [0.1, 0.15) is 53.4 Å². The summed E-state index contributed by atoms with van der Waals surface area (Å²) in [5, 5.41) is 2.92. The predicted molar refractivity (Wildman–Crippen MR) is 80.7 cm³/mol. The largest absolute Gasteiger partial charge is 0.378 e. The van der Waals surface area contributed by atoms with Crippen molar-refractivity contribution in [3.8, 4) is 0 Å². The lowest BCUT2D eigenvalue weighted by atomic mass is 9.91. The van der Waals surface area contributed by atoms with Crippen molar-refractivity contribution in [2.24, 2.45) is 5.92 Å². The zero-order chi connectivity index (χ0) is 15.6. The van der Waals surface area contributed by atoms with E-state index in [2.05, 4.69) is 5.32 Å². The van der Waals surface area contributed by atoms with Gasteiger partial charge in [0.2, 0.25) is 11.8 Å². The highest BCUT2D eigenvalue weighted by Crippen LogP contribution is 2.28. The Hall–Kier alpha value is -1.10. The fourth-order valence-electron chi connectivity index (χ4n) is 3.50. The summed E-state index contributed by atoms with van der Waals surface area (Å²) in [6.07, 6.45) is 3.40. The molecule has 5 nitrogen and oxygen atoms in total. The van der Waals surface area contributed by atoms with E-state index in [-0.39, 0.29) is 42.0 Å². The molecule has 1 N–H and O–H groups in total. The Morgan fingerprint density at radius 2 is 2.10 bits per heavy atom. The maximum Gasteiger partial charge on any atom is 0.246 e. The summed E-state index contributed by atoms with van der Waals surface area (Å²) in [5.74, 6) is 0.214. The van der Waals surface area contributed by atoms with Gasteiger partial charge < -0.3 is 15.0 Å². The van der Waals surface area contributed by atoms with Gasteiger partial charge in [0.15, 0.2) is 0 Å². The number of nitrogens with zero attached hydrogens (tertiary/aromatic N) is 1. The van der Waals surface area contributed by atoms with Crippen LogP contribution in [0.2, 0.25) is 0 Å². The van der Waals surface area contributed by atoms with E-state index in [1.165, 1.54) is 0 Å². The Bertz CT molecular complexity index is 397. The highest BCUT2D eigenvalue weighted by molar-refractivity contribution is 5.97. The van der Waals surface area contributed by atoms with Crippen LogP contribution in [0.4, 0.5) is 0 Å². The molecule has 0 aromatic heterocycles. The lowest BCUT2D eigenvalue weighted by molar-refractivity contribution is -0.157. The van der Waals surface area contributed by atoms with E-state index in [1.807, 2.05) is 32.6 Å². The molecule has 0 aliphatic carbocycles. The van der Waals surface area contributed by atoms with Crippen LogP contribution >= 0.6 is 0 Å². The van der Waals surface area contributed by atoms with Crippen LogP contribution < -0.4 is 5.32 Å². The van der Waals surface area contributed by atoms with Crippen molar-refractivity contribution in [1.82, 2.24) is 10.2 Å². The minimum Gasteiger partial charge on any atom is -0.378 e. The van der Waals surface area contributed by atoms with Crippen LogP contribution in [0.5, 0.6) is 0 Å². The van der Waals surface area contributed by atoms with Gasteiger partial charge in [-0.2, -0.15) is 0 Å². The van der Waals surface area contributed by atoms with Crippen molar-refractivity contribution >= 4 is 11.8 Å². The SMILES string of the molecule is CCCC1NC(=O)C(C(C)C)N(C2CCOC(C)C2)C1=O. The van der Waals surface area contributed by atoms with Crippen LogP contribution in [-0.2, 0) is 14.3 Å². The van der Waals surface area contributed by atoms with Gasteiger partial charge in [0.25, 0.3) is 0 Å². The Labute approximate surface area is 127 Å². The van der Waals surface area contributed by atoms with E-state index < -0.39 is 0 Å². The molecule has 0 bridgehead atoms. The molecule has 2 aliphatic heterocycles. The number of carbonyl (C=O) groups is 2. The minimum atomic E-state index is -0.351. The second-order valence-corrected chi connectivity index (χ2v) is 6.64. The monoisotopic (exact) mass is 296 g/mol. The van der Waals surface area contributed by atoms with Gasteiger partial charge in [-0.15, -0.1) is 0 Å². The molecule has 0 radical (unpaired) electrons. The number of rotatable bonds is 4. The van der Waals surface area contributed by atoms with Crippen molar-refractivity contribution in [2.45, 2.75) is 77.6 Å². The van der Waals surface area contributed by atoms with Crippen LogP contribution in [0.25, 0.3) is 0 Å². The molecule has 2 fully saturated rings. The van der Waals surface area contributed by atoms with Crippen molar-refractivity contribution in [2.75, 3.05) is 6.61 Å². The topological polar surface area (TPSA) is 58.6 Å². The Morgan fingerprint density at radius 3 is 2.67 bits per heavy atom. The predicted octanol–water partition coefficient (Wildman–Crippen LogP) is 1.71. The van der Waals surface area contributed by atoms with Crippen LogP contribution in [0.3, 0.4) is 0 Å². The highest BCUT2D eigenvalue weighted by atomic mass is 16.5. The molecule has 0 spiro atoms. The van der Waals surface area contributed by atoms with Crippen molar-refractivity contribution in [3.63, 3.8) is 0 Å². The van der Waals surface area contributed by atoms with Crippen molar-refractivity contribution in [1.29, 1.82) is 0 Å². The summed E-state index contributed by atoms with van der Waals surface area (Å²) in [5.41, 5.74) is 0. The standard InChI is InChI=1S/C16H28N2O3/c1-5-6-13-16(20)18(12-7-8-21-11(4)9-12)14(10(2)3)15(19)17-13/h10-14H,5-9H2,1-4H3,(H,17,19). The lowest BCUT2D eigenvalue weighted by Crippen LogP contribution is -2.67. The average Bonchev–Trinajstić information content (AvgIpc) is 2.41. The summed E-state index contributed by atoms with van der Waals surface area (Å²) in [4.78, 5) is 27.2. The molecule has 2 amide bonds. The number of hydrogen-bond acceptors (Lipinski definition) is 3. The van der Waals surface area contributed by atoms with Crippen LogP contribution in [0.15, 0.2) is 0 Å². The van der Waals surface area contributed by atoms with E-state index in [1.54, 1.807) is 0 Å². The number of nitrogens with one attached hydrogen (secondary N) is 1. The van der Waals surface area contributed by atoms with Gasteiger partial charge >= 0.3 is 0 Å². The highest BCUT2D eigenvalue weighted by Gasteiger charge is 2.45. The fraction of sp³-hybridized carbons (Fsp3) is 0.875. The average molecular weight is 296 g/mol.